The Bertz CT molecular complexity index is 2640. The first-order valence-electron chi connectivity index (χ1n) is 20.7. The first kappa shape index (κ1) is 43.8. The molecule has 0 atom stereocenters. The molecule has 0 saturated carbocycles. The van der Waals surface area contributed by atoms with Crippen molar-refractivity contribution >= 4 is 33.9 Å². The van der Waals surface area contributed by atoms with Gasteiger partial charge in [0.25, 0.3) is 0 Å². The third-order valence-corrected chi connectivity index (χ3v) is 10.5. The number of anilines is 4. The second-order valence-electron chi connectivity index (χ2n) is 14.6. The number of pyridine rings is 2. The molecule has 2 aliphatic rings. The minimum Gasteiger partial charge on any atom is -0.351 e. The van der Waals surface area contributed by atoms with Crippen molar-refractivity contribution in [3.63, 3.8) is 0 Å². The molecule has 0 bridgehead atoms. The van der Waals surface area contributed by atoms with E-state index in [1.165, 1.54) is 0 Å². The van der Waals surface area contributed by atoms with Crippen LogP contribution in [-0.2, 0) is 10.4 Å². The zero-order valence-electron chi connectivity index (χ0n) is 35.0. The molecule has 2 aromatic carbocycles. The zero-order chi connectivity index (χ0) is 44.9. The summed E-state index contributed by atoms with van der Waals surface area (Å²) >= 11 is 0. The molecule has 0 radical (unpaired) electrons. The van der Waals surface area contributed by atoms with Crippen LogP contribution in [0.5, 0.6) is 0 Å². The van der Waals surface area contributed by atoms with Crippen LogP contribution in [0.1, 0.15) is 0 Å². The van der Waals surface area contributed by atoms with Crippen LogP contribution in [0.15, 0.2) is 159 Å². The Hall–Kier alpha value is -7.87. The van der Waals surface area contributed by atoms with Crippen molar-refractivity contribution in [2.75, 3.05) is 72.0 Å². The lowest BCUT2D eigenvalue weighted by Crippen LogP contribution is -2.47. The summed E-state index contributed by atoms with van der Waals surface area (Å²) in [4.78, 5) is 34.8. The summed E-state index contributed by atoms with van der Waals surface area (Å²) in [5.74, 6) is 3.35. The summed E-state index contributed by atoms with van der Waals surface area (Å²) in [5, 5.41) is 18.4. The molecule has 2 N–H and O–H groups in total. The lowest BCUT2D eigenvalue weighted by atomic mass is 10.0. The molecule has 65 heavy (non-hydrogen) atoms. The summed E-state index contributed by atoms with van der Waals surface area (Å²) in [7, 11) is -4.67. The van der Waals surface area contributed by atoms with Gasteiger partial charge in [-0.15, -0.1) is 20.4 Å². The predicted octanol–water partition coefficient (Wildman–Crippen LogP) is 5.99. The van der Waals surface area contributed by atoms with Gasteiger partial charge in [0.15, 0.2) is 11.6 Å². The van der Waals surface area contributed by atoms with Crippen molar-refractivity contribution in [1.82, 2.24) is 50.3 Å². The van der Waals surface area contributed by atoms with Gasteiger partial charge in [-0.25, -0.2) is 19.9 Å². The van der Waals surface area contributed by atoms with E-state index in [-0.39, 0.29) is 0 Å². The Balaban J connectivity index is 0.000000161. The van der Waals surface area contributed by atoms with Crippen LogP contribution >= 0.6 is 0 Å². The number of piperazine rings is 2. The summed E-state index contributed by atoms with van der Waals surface area (Å²) in [6.07, 6.45) is 14.4. The maximum absolute atomic E-state index is 8.74. The van der Waals surface area contributed by atoms with Gasteiger partial charge in [-0.1, -0.05) is 60.7 Å². The van der Waals surface area contributed by atoms with Crippen molar-refractivity contribution in [2.24, 2.45) is 0 Å². The topological polar surface area (TPSA) is 216 Å². The highest BCUT2D eigenvalue weighted by Gasteiger charge is 2.25. The van der Waals surface area contributed by atoms with Crippen molar-refractivity contribution in [3.05, 3.63) is 159 Å². The molecule has 8 heterocycles. The van der Waals surface area contributed by atoms with E-state index in [0.29, 0.717) is 0 Å². The smallest absolute Gasteiger partial charge is 0.351 e. The summed E-state index contributed by atoms with van der Waals surface area (Å²) in [6.45, 7) is 6.66. The first-order chi connectivity index (χ1) is 31.8. The molecule has 19 heteroatoms. The van der Waals surface area contributed by atoms with Gasteiger partial charge in [-0.2, -0.15) is 8.42 Å². The first-order valence-corrected chi connectivity index (χ1v) is 22.1. The molecule has 2 aliphatic heterocycles. The average molecular weight is 889 g/mol. The number of aromatic nitrogens is 10. The molecule has 0 aliphatic carbocycles. The molecule has 0 unspecified atom stereocenters. The van der Waals surface area contributed by atoms with Gasteiger partial charge in [0.05, 0.1) is 11.4 Å². The molecule has 8 aromatic rings. The van der Waals surface area contributed by atoms with E-state index in [2.05, 4.69) is 106 Å². The highest BCUT2D eigenvalue weighted by atomic mass is 32.3. The second kappa shape index (κ2) is 21.0. The van der Waals surface area contributed by atoms with Crippen LogP contribution < -0.4 is 19.6 Å². The normalized spacial score (nSPS) is 13.8. The fraction of sp³-hybridized carbons (Fsp3) is 0.174. The lowest BCUT2D eigenvalue weighted by Gasteiger charge is -2.36. The van der Waals surface area contributed by atoms with Gasteiger partial charge < -0.3 is 19.6 Å². The third-order valence-electron chi connectivity index (χ3n) is 10.5. The molecule has 0 amide bonds. The summed E-state index contributed by atoms with van der Waals surface area (Å²) in [6, 6.07) is 36.3. The number of hydrogen-bond donors (Lipinski definition) is 2. The van der Waals surface area contributed by atoms with E-state index < -0.39 is 10.4 Å². The molecule has 328 valence electrons. The van der Waals surface area contributed by atoms with E-state index in [0.717, 1.165) is 121 Å². The minimum absolute atomic E-state index is 0.775. The Morgan fingerprint density at radius 3 is 1.05 bits per heavy atom. The molecule has 0 spiro atoms. The standard InChI is InChI=1S/2C23H21N7.H2O4S/c2*1-2-5-19(6-3-1)21-17-20(18-7-11-24-12-8-18)22(28-27-21)29-13-15-30(16-14-29)23-25-9-4-10-26-23;1-5(2,3)4/h2*1-12,17H,13-16H2;(H2,1,2,3,4). The highest BCUT2D eigenvalue weighted by molar-refractivity contribution is 7.79. The number of rotatable bonds is 8. The quantitative estimate of drug-likeness (QED) is 0.168. The van der Waals surface area contributed by atoms with Crippen LogP contribution in [0.25, 0.3) is 44.8 Å². The van der Waals surface area contributed by atoms with Crippen molar-refractivity contribution in [1.29, 1.82) is 0 Å². The fourth-order valence-corrected chi connectivity index (χ4v) is 7.37. The van der Waals surface area contributed by atoms with Crippen molar-refractivity contribution in [2.45, 2.75) is 0 Å². The van der Waals surface area contributed by atoms with E-state index in [1.807, 2.05) is 97.6 Å². The monoisotopic (exact) mass is 888 g/mol. The molecule has 18 nitrogen and oxygen atoms in total. The maximum atomic E-state index is 8.74. The predicted molar refractivity (Wildman–Crippen MR) is 248 cm³/mol. The Kier molecular flexibility index (Phi) is 14.1. The van der Waals surface area contributed by atoms with E-state index in [4.69, 9.17) is 17.5 Å². The van der Waals surface area contributed by atoms with Gasteiger partial charge in [-0.3, -0.25) is 19.1 Å². The Labute approximate surface area is 376 Å². The van der Waals surface area contributed by atoms with Crippen LogP contribution in [0, 0.1) is 0 Å². The molecule has 6 aromatic heterocycles. The van der Waals surface area contributed by atoms with Gasteiger partial charge in [-0.05, 0) is 59.7 Å². The molecular formula is C46H44N14O4S. The molecular weight excluding hydrogens is 845 g/mol. The van der Waals surface area contributed by atoms with Crippen LogP contribution in [0.4, 0.5) is 23.5 Å². The van der Waals surface area contributed by atoms with Crippen LogP contribution in [0.3, 0.4) is 0 Å². The van der Waals surface area contributed by atoms with E-state index >= 15 is 0 Å². The second-order valence-corrected chi connectivity index (χ2v) is 15.5. The van der Waals surface area contributed by atoms with E-state index in [9.17, 15) is 0 Å². The van der Waals surface area contributed by atoms with Gasteiger partial charge in [0.2, 0.25) is 11.9 Å². The molecule has 10 rings (SSSR count). The van der Waals surface area contributed by atoms with Crippen molar-refractivity contribution in [3.8, 4) is 44.8 Å². The minimum atomic E-state index is -4.67. The molecule has 2 saturated heterocycles. The van der Waals surface area contributed by atoms with Crippen molar-refractivity contribution < 1.29 is 17.5 Å². The van der Waals surface area contributed by atoms with E-state index in [1.54, 1.807) is 24.8 Å². The fourth-order valence-electron chi connectivity index (χ4n) is 7.37. The van der Waals surface area contributed by atoms with Gasteiger partial charge in [0, 0.05) is 124 Å². The number of nitrogens with zero attached hydrogens (tertiary/aromatic N) is 14. The lowest BCUT2D eigenvalue weighted by molar-refractivity contribution is 0.381. The Morgan fingerprint density at radius 2 is 0.708 bits per heavy atom. The summed E-state index contributed by atoms with van der Waals surface area (Å²) < 4.78 is 31.6. The maximum Gasteiger partial charge on any atom is 0.394 e. The van der Waals surface area contributed by atoms with Crippen LogP contribution in [0.2, 0.25) is 0 Å². The van der Waals surface area contributed by atoms with Crippen LogP contribution in [-0.4, -0.2) is 120 Å². The van der Waals surface area contributed by atoms with Gasteiger partial charge in [0.1, 0.15) is 0 Å². The third kappa shape index (κ3) is 11.8. The average Bonchev–Trinajstić information content (AvgIpc) is 3.37. The molecule has 2 fully saturated rings. The number of hydrogen-bond acceptors (Lipinski definition) is 16. The largest absolute Gasteiger partial charge is 0.394 e. The number of benzene rings is 2. The van der Waals surface area contributed by atoms with Gasteiger partial charge >= 0.3 is 10.4 Å². The SMILES string of the molecule is O=S(=O)(O)O.c1ccc(-c2cc(-c3ccncc3)c(N3CCN(c4ncccn4)CC3)nn2)cc1.c1ccc(-c2cc(-c3ccncc3)c(N3CCN(c4ncccn4)CC3)nn2)cc1. The Morgan fingerprint density at radius 1 is 0.385 bits per heavy atom. The zero-order valence-corrected chi connectivity index (χ0v) is 35.9. The summed E-state index contributed by atoms with van der Waals surface area (Å²) in [5.41, 5.74) is 8.13. The highest BCUT2D eigenvalue weighted by Crippen LogP contribution is 2.34.